The van der Waals surface area contributed by atoms with Crippen molar-refractivity contribution in [2.24, 2.45) is 0 Å². The van der Waals surface area contributed by atoms with Gasteiger partial charge in [-0.05, 0) is 48.4 Å². The Morgan fingerprint density at radius 1 is 1.10 bits per heavy atom. The normalized spacial score (nSPS) is 11.0. The molecule has 2 aromatic heterocycles. The largest absolute Gasteiger partial charge is 0.278 e. The van der Waals surface area contributed by atoms with E-state index in [1.165, 1.54) is 11.3 Å². The molecule has 0 atom stereocenters. The number of carbonyl (C=O) groups is 1. The minimum atomic E-state index is -0.241. The first-order valence-electron chi connectivity index (χ1n) is 9.12. The van der Waals surface area contributed by atoms with E-state index in [1.807, 2.05) is 30.3 Å². The van der Waals surface area contributed by atoms with Crippen LogP contribution in [0.25, 0.3) is 10.2 Å². The number of aromatic nitrogens is 2. The summed E-state index contributed by atoms with van der Waals surface area (Å²) in [5.41, 5.74) is 3.22. The van der Waals surface area contributed by atoms with Gasteiger partial charge >= 0.3 is 0 Å². The number of thiazole rings is 1. The lowest BCUT2D eigenvalue weighted by Gasteiger charge is -2.20. The SMILES string of the molecule is CCc1cccc2sc(N(Cc3ccccn3)C(=O)c3ccc(Cl)cc3Cl)nc12. The molecule has 0 aliphatic carbocycles. The Hall–Kier alpha value is -2.47. The first-order chi connectivity index (χ1) is 14.1. The number of hydrogen-bond donors (Lipinski definition) is 0. The Balaban J connectivity index is 1.81. The number of amides is 1. The van der Waals surface area contributed by atoms with Crippen molar-refractivity contribution in [3.05, 3.63) is 87.7 Å². The quantitative estimate of drug-likeness (QED) is 0.359. The monoisotopic (exact) mass is 441 g/mol. The molecule has 0 aliphatic rings. The third-order valence-electron chi connectivity index (χ3n) is 4.56. The summed E-state index contributed by atoms with van der Waals surface area (Å²) in [6.07, 6.45) is 2.58. The minimum absolute atomic E-state index is 0.241. The number of halogens is 2. The number of anilines is 1. The van der Waals surface area contributed by atoms with Gasteiger partial charge in [0.15, 0.2) is 5.13 Å². The van der Waals surface area contributed by atoms with Gasteiger partial charge in [-0.2, -0.15) is 0 Å². The molecule has 1 amide bonds. The van der Waals surface area contributed by atoms with E-state index in [1.54, 1.807) is 29.3 Å². The summed E-state index contributed by atoms with van der Waals surface area (Å²) in [4.78, 5) is 24.3. The van der Waals surface area contributed by atoms with Gasteiger partial charge in [0.1, 0.15) is 0 Å². The average molecular weight is 442 g/mol. The van der Waals surface area contributed by atoms with Crippen molar-refractivity contribution >= 4 is 55.8 Å². The predicted molar refractivity (Wildman–Crippen MR) is 120 cm³/mol. The second-order valence-electron chi connectivity index (χ2n) is 6.45. The van der Waals surface area contributed by atoms with E-state index in [4.69, 9.17) is 28.2 Å². The molecule has 146 valence electrons. The second-order valence-corrected chi connectivity index (χ2v) is 8.30. The first kappa shape index (κ1) is 19.8. The Morgan fingerprint density at radius 3 is 2.69 bits per heavy atom. The van der Waals surface area contributed by atoms with Crippen molar-refractivity contribution < 1.29 is 4.79 Å². The molecule has 0 aliphatic heterocycles. The van der Waals surface area contributed by atoms with Crippen molar-refractivity contribution in [2.45, 2.75) is 19.9 Å². The average Bonchev–Trinajstić information content (AvgIpc) is 3.16. The smallest absolute Gasteiger partial charge is 0.261 e. The molecule has 0 unspecified atom stereocenters. The van der Waals surface area contributed by atoms with Gasteiger partial charge in [-0.15, -0.1) is 0 Å². The molecule has 0 radical (unpaired) electrons. The highest BCUT2D eigenvalue weighted by atomic mass is 35.5. The zero-order valence-electron chi connectivity index (χ0n) is 15.6. The zero-order chi connectivity index (χ0) is 20.4. The summed E-state index contributed by atoms with van der Waals surface area (Å²) in [5, 5.41) is 1.40. The molecule has 0 fully saturated rings. The maximum atomic E-state index is 13.5. The highest BCUT2D eigenvalue weighted by Crippen LogP contribution is 2.33. The van der Waals surface area contributed by atoms with Crippen LogP contribution in [-0.2, 0) is 13.0 Å². The lowest BCUT2D eigenvalue weighted by molar-refractivity contribution is 0.0985. The highest BCUT2D eigenvalue weighted by Gasteiger charge is 2.24. The van der Waals surface area contributed by atoms with Crippen LogP contribution in [0.15, 0.2) is 60.8 Å². The lowest BCUT2D eigenvalue weighted by atomic mass is 10.1. The van der Waals surface area contributed by atoms with Crippen LogP contribution in [0.1, 0.15) is 28.5 Å². The van der Waals surface area contributed by atoms with Crippen LogP contribution in [0.2, 0.25) is 10.0 Å². The molecule has 0 spiro atoms. The molecule has 0 saturated heterocycles. The molecule has 4 rings (SSSR count). The van der Waals surface area contributed by atoms with Gasteiger partial charge in [0, 0.05) is 11.2 Å². The topological polar surface area (TPSA) is 46.1 Å². The Kier molecular flexibility index (Phi) is 5.81. The van der Waals surface area contributed by atoms with E-state index in [9.17, 15) is 4.79 Å². The van der Waals surface area contributed by atoms with E-state index in [0.717, 1.165) is 27.9 Å². The molecule has 0 bridgehead atoms. The highest BCUT2D eigenvalue weighted by molar-refractivity contribution is 7.22. The number of aryl methyl sites for hydroxylation is 1. The summed E-state index contributed by atoms with van der Waals surface area (Å²) in [7, 11) is 0. The summed E-state index contributed by atoms with van der Waals surface area (Å²) in [5.74, 6) is -0.241. The summed E-state index contributed by atoms with van der Waals surface area (Å²) < 4.78 is 1.04. The van der Waals surface area contributed by atoms with E-state index >= 15 is 0 Å². The molecule has 0 saturated carbocycles. The van der Waals surface area contributed by atoms with Crippen LogP contribution >= 0.6 is 34.5 Å². The van der Waals surface area contributed by atoms with Crippen molar-refractivity contribution in [3.8, 4) is 0 Å². The third kappa shape index (κ3) is 4.13. The lowest BCUT2D eigenvalue weighted by Crippen LogP contribution is -2.31. The molecule has 0 N–H and O–H groups in total. The van der Waals surface area contributed by atoms with Gasteiger partial charge in [0.05, 0.1) is 33.0 Å². The molecular formula is C22H17Cl2N3OS. The van der Waals surface area contributed by atoms with Gasteiger partial charge in [-0.25, -0.2) is 4.98 Å². The van der Waals surface area contributed by atoms with Crippen LogP contribution in [-0.4, -0.2) is 15.9 Å². The van der Waals surface area contributed by atoms with E-state index in [-0.39, 0.29) is 5.91 Å². The number of pyridine rings is 1. The molecule has 7 heteroatoms. The predicted octanol–water partition coefficient (Wildman–Crippen LogP) is 6.41. The van der Waals surface area contributed by atoms with Gasteiger partial charge in [-0.1, -0.05) is 59.7 Å². The van der Waals surface area contributed by atoms with E-state index in [2.05, 4.69) is 18.0 Å². The maximum absolute atomic E-state index is 13.5. The molecule has 2 heterocycles. The number of rotatable bonds is 5. The molecular weight excluding hydrogens is 425 g/mol. The molecule has 4 aromatic rings. The standard InChI is InChI=1S/C22H17Cl2N3OS/c1-2-14-6-5-8-19-20(14)26-22(29-19)27(13-16-7-3-4-11-25-16)21(28)17-10-9-15(23)12-18(17)24/h3-12H,2,13H2,1H3. The number of para-hydroxylation sites is 1. The van der Waals surface area contributed by atoms with Crippen molar-refractivity contribution in [1.82, 2.24) is 9.97 Å². The molecule has 4 nitrogen and oxygen atoms in total. The number of nitrogens with zero attached hydrogens (tertiary/aromatic N) is 3. The summed E-state index contributed by atoms with van der Waals surface area (Å²) in [6.45, 7) is 2.39. The maximum Gasteiger partial charge on any atom is 0.261 e. The van der Waals surface area contributed by atoms with Crippen LogP contribution in [0.3, 0.4) is 0 Å². The number of carbonyl (C=O) groups excluding carboxylic acids is 1. The fourth-order valence-electron chi connectivity index (χ4n) is 3.08. The fourth-order valence-corrected chi connectivity index (χ4v) is 4.58. The van der Waals surface area contributed by atoms with E-state index < -0.39 is 0 Å². The van der Waals surface area contributed by atoms with Gasteiger partial charge in [0.2, 0.25) is 0 Å². The van der Waals surface area contributed by atoms with Gasteiger partial charge < -0.3 is 0 Å². The zero-order valence-corrected chi connectivity index (χ0v) is 17.9. The minimum Gasteiger partial charge on any atom is -0.278 e. The van der Waals surface area contributed by atoms with Crippen molar-refractivity contribution in [1.29, 1.82) is 0 Å². The number of hydrogen-bond acceptors (Lipinski definition) is 4. The fraction of sp³-hybridized carbons (Fsp3) is 0.136. The Labute approximate surface area is 182 Å². The van der Waals surface area contributed by atoms with Crippen LogP contribution < -0.4 is 4.90 Å². The second kappa shape index (κ2) is 8.49. The van der Waals surface area contributed by atoms with Crippen LogP contribution in [0.4, 0.5) is 5.13 Å². The molecule has 29 heavy (non-hydrogen) atoms. The van der Waals surface area contributed by atoms with Gasteiger partial charge in [0.25, 0.3) is 5.91 Å². The van der Waals surface area contributed by atoms with Crippen molar-refractivity contribution in [3.63, 3.8) is 0 Å². The summed E-state index contributed by atoms with van der Waals surface area (Å²) in [6, 6.07) is 16.6. The van der Waals surface area contributed by atoms with Gasteiger partial charge in [-0.3, -0.25) is 14.7 Å². The Bertz CT molecular complexity index is 1180. The molecule has 2 aromatic carbocycles. The summed E-state index contributed by atoms with van der Waals surface area (Å²) >= 11 is 13.8. The first-order valence-corrected chi connectivity index (χ1v) is 10.7. The number of benzene rings is 2. The van der Waals surface area contributed by atoms with Crippen LogP contribution in [0.5, 0.6) is 0 Å². The third-order valence-corrected chi connectivity index (χ3v) is 6.15. The van der Waals surface area contributed by atoms with E-state index in [0.29, 0.717) is 27.3 Å². The number of fused-ring (bicyclic) bond motifs is 1. The Morgan fingerprint density at radius 2 is 1.97 bits per heavy atom. The van der Waals surface area contributed by atoms with Crippen LogP contribution in [0, 0.1) is 0 Å². The van der Waals surface area contributed by atoms with Crippen molar-refractivity contribution in [2.75, 3.05) is 4.90 Å².